The fraction of sp³-hybridized carbons (Fsp3) is 0.312. The third-order valence-electron chi connectivity index (χ3n) is 7.46. The summed E-state index contributed by atoms with van der Waals surface area (Å²) < 4.78 is 10.7. The molecule has 3 aromatic carbocycles. The van der Waals surface area contributed by atoms with Crippen molar-refractivity contribution in [1.82, 2.24) is 4.90 Å². The lowest BCUT2D eigenvalue weighted by molar-refractivity contribution is 0.153. The Morgan fingerprint density at radius 1 is 0.806 bits per heavy atom. The smallest absolute Gasteiger partial charge is 0.161 e. The highest BCUT2D eigenvalue weighted by Gasteiger charge is 2.22. The molecule has 0 bridgehead atoms. The molecule has 0 radical (unpaired) electrons. The minimum Gasteiger partial charge on any atom is -0.493 e. The maximum Gasteiger partial charge on any atom is 0.161 e. The van der Waals surface area contributed by atoms with Crippen LogP contribution in [0.1, 0.15) is 59.6 Å². The van der Waals surface area contributed by atoms with Crippen LogP contribution in [-0.2, 0) is 0 Å². The van der Waals surface area contributed by atoms with Gasteiger partial charge in [-0.15, -0.1) is 0 Å². The van der Waals surface area contributed by atoms with Gasteiger partial charge in [-0.1, -0.05) is 72.3 Å². The summed E-state index contributed by atoms with van der Waals surface area (Å²) in [6, 6.07) is 23.2. The number of ether oxygens (including phenoxy) is 2. The molecule has 4 heteroatoms. The Balaban J connectivity index is 1.23. The molecule has 3 aromatic rings. The standard InChI is InChI=1S/C32H35NO3/c1-35-30-16-15-26(22-31(30)36-2)29(34)12-7-19-33-20-17-25(18-21-33)32-27-10-5-3-8-23(27)13-14-24-9-4-6-11-28(24)32/h3-6,8-11,13-16,22,29,34H,7,12,17-21H2,1-2H3. The molecule has 1 N–H and O–H groups in total. The number of hydrogen-bond acceptors (Lipinski definition) is 4. The van der Waals surface area contributed by atoms with Crippen molar-refractivity contribution in [3.8, 4) is 11.5 Å². The number of piperidine rings is 1. The number of fused-ring (bicyclic) bond motifs is 2. The molecule has 186 valence electrons. The van der Waals surface area contributed by atoms with Crippen molar-refractivity contribution in [3.05, 3.63) is 100 Å². The molecule has 1 aliphatic carbocycles. The number of methoxy groups -OCH3 is 2. The average molecular weight is 482 g/mol. The Morgan fingerprint density at radius 3 is 2.03 bits per heavy atom. The fourth-order valence-corrected chi connectivity index (χ4v) is 5.48. The van der Waals surface area contributed by atoms with Crippen molar-refractivity contribution in [2.75, 3.05) is 33.9 Å². The number of hydrogen-bond donors (Lipinski definition) is 1. The summed E-state index contributed by atoms with van der Waals surface area (Å²) in [5.74, 6) is 1.34. The van der Waals surface area contributed by atoms with Gasteiger partial charge < -0.3 is 19.5 Å². The minimum atomic E-state index is -0.501. The zero-order valence-electron chi connectivity index (χ0n) is 21.2. The van der Waals surface area contributed by atoms with Crippen LogP contribution < -0.4 is 9.47 Å². The number of aliphatic hydroxyl groups excluding tert-OH is 1. The average Bonchev–Trinajstić information content (AvgIpc) is 3.10. The zero-order chi connectivity index (χ0) is 24.9. The van der Waals surface area contributed by atoms with Gasteiger partial charge in [0, 0.05) is 13.1 Å². The second-order valence-corrected chi connectivity index (χ2v) is 9.60. The molecule has 1 saturated heterocycles. The van der Waals surface area contributed by atoms with Gasteiger partial charge in [0.15, 0.2) is 11.5 Å². The summed E-state index contributed by atoms with van der Waals surface area (Å²) in [4.78, 5) is 2.54. The Kier molecular flexibility index (Phi) is 7.55. The lowest BCUT2D eigenvalue weighted by Crippen LogP contribution is -2.32. The predicted octanol–water partition coefficient (Wildman–Crippen LogP) is 6.60. The van der Waals surface area contributed by atoms with E-state index in [2.05, 4.69) is 65.6 Å². The van der Waals surface area contributed by atoms with E-state index in [0.717, 1.165) is 50.9 Å². The van der Waals surface area contributed by atoms with Gasteiger partial charge in [0.05, 0.1) is 20.3 Å². The Hall–Kier alpha value is -3.34. The molecule has 1 unspecified atom stereocenters. The topological polar surface area (TPSA) is 41.9 Å². The molecule has 1 fully saturated rings. The molecular weight excluding hydrogens is 446 g/mol. The van der Waals surface area contributed by atoms with Crippen LogP contribution in [-0.4, -0.2) is 43.9 Å². The molecule has 4 nitrogen and oxygen atoms in total. The summed E-state index contributed by atoms with van der Waals surface area (Å²) in [6.07, 6.45) is 7.84. The van der Waals surface area contributed by atoms with Gasteiger partial charge in [0.1, 0.15) is 0 Å². The van der Waals surface area contributed by atoms with Crippen molar-refractivity contribution >= 4 is 17.7 Å². The summed E-state index contributed by atoms with van der Waals surface area (Å²) in [5, 5.41) is 10.7. The van der Waals surface area contributed by atoms with Crippen LogP contribution in [0.15, 0.2) is 72.3 Å². The van der Waals surface area contributed by atoms with Crippen LogP contribution in [0.2, 0.25) is 0 Å². The molecule has 0 amide bonds. The van der Waals surface area contributed by atoms with E-state index in [1.807, 2.05) is 18.2 Å². The van der Waals surface area contributed by atoms with E-state index in [-0.39, 0.29) is 0 Å². The monoisotopic (exact) mass is 481 g/mol. The van der Waals surface area contributed by atoms with E-state index < -0.39 is 6.10 Å². The summed E-state index contributed by atoms with van der Waals surface area (Å²) in [6.45, 7) is 3.12. The van der Waals surface area contributed by atoms with E-state index in [1.165, 1.54) is 27.8 Å². The maximum absolute atomic E-state index is 10.7. The van der Waals surface area contributed by atoms with E-state index >= 15 is 0 Å². The van der Waals surface area contributed by atoms with Crippen LogP contribution in [0, 0.1) is 0 Å². The summed E-state index contributed by atoms with van der Waals surface area (Å²) in [7, 11) is 3.24. The second-order valence-electron chi connectivity index (χ2n) is 9.60. The van der Waals surface area contributed by atoms with E-state index in [0.29, 0.717) is 11.5 Å². The van der Waals surface area contributed by atoms with Crippen molar-refractivity contribution < 1.29 is 14.6 Å². The molecule has 0 aromatic heterocycles. The third-order valence-corrected chi connectivity index (χ3v) is 7.46. The first kappa shape index (κ1) is 24.4. The van der Waals surface area contributed by atoms with Gasteiger partial charge in [-0.2, -0.15) is 0 Å². The molecular formula is C32H35NO3. The first-order valence-electron chi connectivity index (χ1n) is 12.9. The fourth-order valence-electron chi connectivity index (χ4n) is 5.48. The largest absolute Gasteiger partial charge is 0.493 e. The highest BCUT2D eigenvalue weighted by atomic mass is 16.5. The lowest BCUT2D eigenvalue weighted by atomic mass is 9.86. The lowest BCUT2D eigenvalue weighted by Gasteiger charge is -2.30. The van der Waals surface area contributed by atoms with Crippen LogP contribution in [0.25, 0.3) is 17.7 Å². The number of aliphatic hydroxyl groups is 1. The van der Waals surface area contributed by atoms with Crippen molar-refractivity contribution in [1.29, 1.82) is 0 Å². The van der Waals surface area contributed by atoms with Gasteiger partial charge in [0.25, 0.3) is 0 Å². The number of rotatable bonds is 7. The van der Waals surface area contributed by atoms with Gasteiger partial charge >= 0.3 is 0 Å². The first-order chi connectivity index (χ1) is 17.7. The molecule has 2 aliphatic rings. The normalized spacial score (nSPS) is 16.2. The highest BCUT2D eigenvalue weighted by Crippen LogP contribution is 2.39. The van der Waals surface area contributed by atoms with Gasteiger partial charge in [-0.3, -0.25) is 0 Å². The molecule has 0 spiro atoms. The van der Waals surface area contributed by atoms with Gasteiger partial charge in [-0.05, 0) is 77.8 Å². The van der Waals surface area contributed by atoms with Crippen LogP contribution in [0.3, 0.4) is 0 Å². The van der Waals surface area contributed by atoms with Gasteiger partial charge in [0.2, 0.25) is 0 Å². The van der Waals surface area contributed by atoms with Crippen LogP contribution in [0.4, 0.5) is 0 Å². The SMILES string of the molecule is COc1ccc(C(O)CCCN2CCC(=C3c4ccccc4C=Cc4ccccc43)CC2)cc1OC. The second kappa shape index (κ2) is 11.2. The van der Waals surface area contributed by atoms with E-state index in [9.17, 15) is 5.11 Å². The van der Waals surface area contributed by atoms with Crippen molar-refractivity contribution in [2.45, 2.75) is 31.8 Å². The first-order valence-corrected chi connectivity index (χ1v) is 12.9. The number of likely N-dealkylation sites (tertiary alicyclic amines) is 1. The molecule has 1 aliphatic heterocycles. The predicted molar refractivity (Wildman–Crippen MR) is 147 cm³/mol. The summed E-state index contributed by atoms with van der Waals surface area (Å²) >= 11 is 0. The number of nitrogens with zero attached hydrogens (tertiary/aromatic N) is 1. The molecule has 0 saturated carbocycles. The Morgan fingerprint density at radius 2 is 1.42 bits per heavy atom. The quantitative estimate of drug-likeness (QED) is 0.323. The van der Waals surface area contributed by atoms with E-state index in [4.69, 9.17) is 9.47 Å². The van der Waals surface area contributed by atoms with E-state index in [1.54, 1.807) is 19.8 Å². The molecule has 1 heterocycles. The van der Waals surface area contributed by atoms with Crippen LogP contribution in [0.5, 0.6) is 11.5 Å². The Bertz CT molecular complexity index is 1210. The molecule has 1 atom stereocenters. The molecule has 36 heavy (non-hydrogen) atoms. The minimum absolute atomic E-state index is 0.501. The maximum atomic E-state index is 10.7. The third kappa shape index (κ3) is 5.11. The zero-order valence-corrected chi connectivity index (χ0v) is 21.2. The van der Waals surface area contributed by atoms with Crippen molar-refractivity contribution in [2.24, 2.45) is 0 Å². The number of benzene rings is 3. The molecule has 5 rings (SSSR count). The summed E-state index contributed by atoms with van der Waals surface area (Å²) in [5.41, 5.74) is 9.14. The van der Waals surface area contributed by atoms with Crippen LogP contribution >= 0.6 is 0 Å². The highest BCUT2D eigenvalue weighted by molar-refractivity contribution is 5.94. The van der Waals surface area contributed by atoms with Gasteiger partial charge in [-0.25, -0.2) is 0 Å². The Labute approximate surface area is 214 Å². The van der Waals surface area contributed by atoms with Crippen molar-refractivity contribution in [3.63, 3.8) is 0 Å².